The molecule has 0 aliphatic carbocycles. The summed E-state index contributed by atoms with van der Waals surface area (Å²) in [7, 11) is 0. The molecule has 0 saturated carbocycles. The molecule has 6 nitrogen and oxygen atoms in total. The van der Waals surface area contributed by atoms with Crippen LogP contribution in [0.4, 0.5) is 0 Å². The van der Waals surface area contributed by atoms with Crippen LogP contribution in [0.1, 0.15) is 28.4 Å². The number of hydrogen-bond donors (Lipinski definition) is 2. The van der Waals surface area contributed by atoms with Crippen LogP contribution >= 0.6 is 0 Å². The molecule has 1 atom stereocenters. The first kappa shape index (κ1) is 19.5. The van der Waals surface area contributed by atoms with Crippen molar-refractivity contribution in [3.05, 3.63) is 90.0 Å². The highest BCUT2D eigenvalue weighted by atomic mass is 16.5. The topological polar surface area (TPSA) is 76.7 Å². The molecular formula is C24H22N2O4. The predicted molar refractivity (Wildman–Crippen MR) is 113 cm³/mol. The summed E-state index contributed by atoms with van der Waals surface area (Å²) >= 11 is 0. The Morgan fingerprint density at radius 3 is 2.40 bits per heavy atom. The van der Waals surface area contributed by atoms with Crippen LogP contribution in [0.15, 0.2) is 78.9 Å². The summed E-state index contributed by atoms with van der Waals surface area (Å²) < 4.78 is 11.3. The molecule has 2 amide bonds. The number of carbonyl (C=O) groups is 2. The molecule has 6 heteroatoms. The van der Waals surface area contributed by atoms with Gasteiger partial charge in [0.1, 0.15) is 17.2 Å². The highest BCUT2D eigenvalue weighted by Crippen LogP contribution is 2.31. The van der Waals surface area contributed by atoms with Gasteiger partial charge in [-0.3, -0.25) is 9.59 Å². The zero-order valence-electron chi connectivity index (χ0n) is 16.3. The van der Waals surface area contributed by atoms with Crippen molar-refractivity contribution < 1.29 is 19.1 Å². The second-order valence-corrected chi connectivity index (χ2v) is 6.92. The Balaban J connectivity index is 1.29. The van der Waals surface area contributed by atoms with E-state index in [2.05, 4.69) is 10.6 Å². The number of benzene rings is 3. The summed E-state index contributed by atoms with van der Waals surface area (Å²) in [4.78, 5) is 24.7. The Morgan fingerprint density at radius 1 is 0.900 bits per heavy atom. The Hall–Kier alpha value is -3.80. The van der Waals surface area contributed by atoms with E-state index >= 15 is 0 Å². The number of rotatable bonds is 6. The molecule has 0 radical (unpaired) electrons. The summed E-state index contributed by atoms with van der Waals surface area (Å²) in [5.74, 6) is 1.59. The van der Waals surface area contributed by atoms with Crippen LogP contribution in [0.2, 0.25) is 0 Å². The maximum Gasteiger partial charge on any atom is 0.251 e. The minimum atomic E-state index is -0.316. The molecule has 2 N–H and O–H groups in total. The molecule has 1 aliphatic heterocycles. The molecule has 0 unspecified atom stereocenters. The molecule has 3 aromatic rings. The van der Waals surface area contributed by atoms with Crippen LogP contribution < -0.4 is 20.1 Å². The van der Waals surface area contributed by atoms with E-state index in [0.717, 1.165) is 17.1 Å². The summed E-state index contributed by atoms with van der Waals surface area (Å²) in [6.07, 6.45) is 0.694. The van der Waals surface area contributed by atoms with Crippen molar-refractivity contribution in [3.63, 3.8) is 0 Å². The zero-order valence-corrected chi connectivity index (χ0v) is 16.3. The fraction of sp³-hybridized carbons (Fsp3) is 0.167. The second kappa shape index (κ2) is 9.13. The van der Waals surface area contributed by atoms with Crippen LogP contribution in [0, 0.1) is 0 Å². The summed E-state index contributed by atoms with van der Waals surface area (Å²) in [5.41, 5.74) is 1.41. The fourth-order valence-electron chi connectivity index (χ4n) is 3.30. The van der Waals surface area contributed by atoms with Gasteiger partial charge in [-0.05, 0) is 42.5 Å². The monoisotopic (exact) mass is 402 g/mol. The normalized spacial score (nSPS) is 14.7. The quantitative estimate of drug-likeness (QED) is 0.657. The maximum atomic E-state index is 12.4. The Morgan fingerprint density at radius 2 is 1.60 bits per heavy atom. The molecule has 4 rings (SSSR count). The average Bonchev–Trinajstić information content (AvgIpc) is 2.79. The zero-order chi connectivity index (χ0) is 20.8. The van der Waals surface area contributed by atoms with Crippen molar-refractivity contribution in [1.29, 1.82) is 0 Å². The van der Waals surface area contributed by atoms with Crippen molar-refractivity contribution in [2.45, 2.75) is 12.5 Å². The van der Waals surface area contributed by atoms with E-state index in [4.69, 9.17) is 9.47 Å². The maximum absolute atomic E-state index is 12.4. The number of para-hydroxylation sites is 2. The van der Waals surface area contributed by atoms with Crippen LogP contribution in [-0.4, -0.2) is 25.0 Å². The van der Waals surface area contributed by atoms with E-state index in [0.29, 0.717) is 24.3 Å². The largest absolute Gasteiger partial charge is 0.493 e. The van der Waals surface area contributed by atoms with Gasteiger partial charge < -0.3 is 20.1 Å². The highest BCUT2D eigenvalue weighted by Gasteiger charge is 2.22. The third-order valence-corrected chi connectivity index (χ3v) is 4.80. The molecule has 0 fully saturated rings. The lowest BCUT2D eigenvalue weighted by atomic mass is 10.0. The standard InChI is InChI=1S/C24H22N2O4/c27-23(26-21-14-15-29-22-9-5-4-8-20(21)22)16-25-24(28)17-10-12-19(13-11-17)30-18-6-2-1-3-7-18/h1-13,21H,14-16H2,(H,25,28)(H,26,27)/t21-/m0/s1. The highest BCUT2D eigenvalue weighted by molar-refractivity contribution is 5.96. The number of carbonyl (C=O) groups excluding carboxylic acids is 2. The van der Waals surface area contributed by atoms with Crippen LogP contribution in [0.25, 0.3) is 0 Å². The fourth-order valence-corrected chi connectivity index (χ4v) is 3.30. The average molecular weight is 402 g/mol. The minimum Gasteiger partial charge on any atom is -0.493 e. The Kier molecular flexibility index (Phi) is 5.94. The van der Waals surface area contributed by atoms with Gasteiger partial charge in [0, 0.05) is 17.5 Å². The van der Waals surface area contributed by atoms with Gasteiger partial charge in [0.15, 0.2) is 0 Å². The van der Waals surface area contributed by atoms with Gasteiger partial charge in [0.25, 0.3) is 5.91 Å². The first-order chi connectivity index (χ1) is 14.7. The van der Waals surface area contributed by atoms with Gasteiger partial charge in [0.2, 0.25) is 5.91 Å². The Labute approximate surface area is 174 Å². The molecule has 152 valence electrons. The first-order valence-electron chi connectivity index (χ1n) is 9.81. The first-order valence-corrected chi connectivity index (χ1v) is 9.81. The van der Waals surface area contributed by atoms with Gasteiger partial charge in [-0.2, -0.15) is 0 Å². The van der Waals surface area contributed by atoms with Gasteiger partial charge in [-0.15, -0.1) is 0 Å². The second-order valence-electron chi connectivity index (χ2n) is 6.92. The van der Waals surface area contributed by atoms with Crippen molar-refractivity contribution >= 4 is 11.8 Å². The van der Waals surface area contributed by atoms with Gasteiger partial charge in [-0.25, -0.2) is 0 Å². The number of nitrogens with one attached hydrogen (secondary N) is 2. The van der Waals surface area contributed by atoms with Gasteiger partial charge in [-0.1, -0.05) is 36.4 Å². The van der Waals surface area contributed by atoms with Crippen molar-refractivity contribution in [3.8, 4) is 17.2 Å². The minimum absolute atomic E-state index is 0.0966. The molecule has 0 spiro atoms. The third-order valence-electron chi connectivity index (χ3n) is 4.80. The molecule has 1 heterocycles. The number of hydrogen-bond acceptors (Lipinski definition) is 4. The van der Waals surface area contributed by atoms with E-state index in [1.807, 2.05) is 54.6 Å². The predicted octanol–water partition coefficient (Wildman–Crippen LogP) is 3.85. The van der Waals surface area contributed by atoms with Gasteiger partial charge in [0.05, 0.1) is 19.2 Å². The van der Waals surface area contributed by atoms with E-state index in [9.17, 15) is 9.59 Å². The van der Waals surface area contributed by atoms with Crippen LogP contribution in [-0.2, 0) is 4.79 Å². The van der Waals surface area contributed by atoms with Crippen molar-refractivity contribution in [2.75, 3.05) is 13.2 Å². The van der Waals surface area contributed by atoms with E-state index in [1.54, 1.807) is 24.3 Å². The molecule has 1 aliphatic rings. The number of amides is 2. The lowest BCUT2D eigenvalue weighted by Crippen LogP contribution is -2.39. The van der Waals surface area contributed by atoms with Crippen LogP contribution in [0.3, 0.4) is 0 Å². The Bertz CT molecular complexity index is 1020. The molecule has 0 aromatic heterocycles. The van der Waals surface area contributed by atoms with E-state index in [1.165, 1.54) is 0 Å². The van der Waals surface area contributed by atoms with Crippen molar-refractivity contribution in [1.82, 2.24) is 10.6 Å². The SMILES string of the molecule is O=C(CNC(=O)c1ccc(Oc2ccccc2)cc1)N[C@H]1CCOc2ccccc21. The summed E-state index contributed by atoms with van der Waals surface area (Å²) in [6, 6.07) is 23.7. The lowest BCUT2D eigenvalue weighted by molar-refractivity contribution is -0.121. The molecular weight excluding hydrogens is 380 g/mol. The molecule has 3 aromatic carbocycles. The molecule has 0 saturated heterocycles. The lowest BCUT2D eigenvalue weighted by Gasteiger charge is -2.26. The van der Waals surface area contributed by atoms with Crippen LogP contribution in [0.5, 0.6) is 17.2 Å². The smallest absolute Gasteiger partial charge is 0.251 e. The molecule has 0 bridgehead atoms. The van der Waals surface area contributed by atoms with Gasteiger partial charge >= 0.3 is 0 Å². The van der Waals surface area contributed by atoms with E-state index < -0.39 is 0 Å². The van der Waals surface area contributed by atoms with E-state index in [-0.39, 0.29) is 24.4 Å². The number of ether oxygens (including phenoxy) is 2. The molecule has 30 heavy (non-hydrogen) atoms. The van der Waals surface area contributed by atoms with Crippen molar-refractivity contribution in [2.24, 2.45) is 0 Å². The third kappa shape index (κ3) is 4.78. The number of fused-ring (bicyclic) bond motifs is 1. The summed E-state index contributed by atoms with van der Waals surface area (Å²) in [6.45, 7) is 0.451. The summed E-state index contributed by atoms with van der Waals surface area (Å²) in [5, 5.41) is 5.62.